The Hall–Kier alpha value is -1.02. The van der Waals surface area contributed by atoms with Crippen LogP contribution >= 0.6 is 0 Å². The third-order valence-electron chi connectivity index (χ3n) is 2.56. The summed E-state index contributed by atoms with van der Waals surface area (Å²) in [5, 5.41) is 9.24. The minimum atomic E-state index is -0.294. The summed E-state index contributed by atoms with van der Waals surface area (Å²) in [6.45, 7) is 6.04. The summed E-state index contributed by atoms with van der Waals surface area (Å²) >= 11 is 0. The van der Waals surface area contributed by atoms with Gasteiger partial charge in [-0.1, -0.05) is 13.0 Å². The maximum absolute atomic E-state index is 9.24. The van der Waals surface area contributed by atoms with Crippen LogP contribution in [0, 0.1) is 6.92 Å². The summed E-state index contributed by atoms with van der Waals surface area (Å²) in [7, 11) is 0. The maximum Gasteiger partial charge on any atom is 0.115 e. The monoisotopic (exact) mass is 179 g/mol. The van der Waals surface area contributed by atoms with Crippen molar-refractivity contribution in [3.63, 3.8) is 0 Å². The van der Waals surface area contributed by atoms with Gasteiger partial charge in [-0.05, 0) is 43.5 Å². The van der Waals surface area contributed by atoms with Gasteiger partial charge in [0.2, 0.25) is 0 Å². The fraction of sp³-hybridized carbons (Fsp3) is 0.455. The van der Waals surface area contributed by atoms with Crippen LogP contribution in [-0.4, -0.2) is 5.11 Å². The smallest absolute Gasteiger partial charge is 0.115 e. The van der Waals surface area contributed by atoms with Gasteiger partial charge in [-0.25, -0.2) is 0 Å². The molecule has 0 aliphatic heterocycles. The number of nitrogens with two attached hydrogens (primary N) is 1. The van der Waals surface area contributed by atoms with Gasteiger partial charge in [0, 0.05) is 5.54 Å². The third kappa shape index (κ3) is 2.01. The van der Waals surface area contributed by atoms with Crippen molar-refractivity contribution in [2.24, 2.45) is 5.73 Å². The second-order valence-corrected chi connectivity index (χ2v) is 3.77. The molecule has 1 aromatic carbocycles. The SMILES string of the molecule is CC[C@@](C)(N)c1ccc(O)cc1C. The molecule has 1 aromatic rings. The fourth-order valence-corrected chi connectivity index (χ4v) is 1.48. The van der Waals surface area contributed by atoms with Crippen molar-refractivity contribution in [1.82, 2.24) is 0 Å². The topological polar surface area (TPSA) is 46.2 Å². The lowest BCUT2D eigenvalue weighted by atomic mass is 9.87. The van der Waals surface area contributed by atoms with Crippen molar-refractivity contribution in [3.8, 4) is 5.75 Å². The average molecular weight is 179 g/mol. The molecule has 0 bridgehead atoms. The van der Waals surface area contributed by atoms with Crippen molar-refractivity contribution in [1.29, 1.82) is 0 Å². The standard InChI is InChI=1S/C11H17NO/c1-4-11(3,12)10-6-5-9(13)7-8(10)2/h5-7,13H,4,12H2,1-3H3/t11-/m1/s1. The van der Waals surface area contributed by atoms with Crippen LogP contribution in [0.5, 0.6) is 5.75 Å². The summed E-state index contributed by atoms with van der Waals surface area (Å²) in [6, 6.07) is 5.33. The average Bonchev–Trinajstić information content (AvgIpc) is 2.03. The zero-order chi connectivity index (χ0) is 10.1. The van der Waals surface area contributed by atoms with Crippen molar-refractivity contribution in [3.05, 3.63) is 29.3 Å². The number of hydrogen-bond donors (Lipinski definition) is 2. The van der Waals surface area contributed by atoms with Crippen LogP contribution in [0.2, 0.25) is 0 Å². The van der Waals surface area contributed by atoms with Crippen LogP contribution < -0.4 is 5.73 Å². The lowest BCUT2D eigenvalue weighted by Crippen LogP contribution is -2.32. The van der Waals surface area contributed by atoms with Crippen molar-refractivity contribution < 1.29 is 5.11 Å². The van der Waals surface area contributed by atoms with Crippen LogP contribution in [-0.2, 0) is 5.54 Å². The Morgan fingerprint density at radius 2 is 2.08 bits per heavy atom. The van der Waals surface area contributed by atoms with E-state index >= 15 is 0 Å². The molecule has 0 saturated heterocycles. The van der Waals surface area contributed by atoms with E-state index in [9.17, 15) is 5.11 Å². The van der Waals surface area contributed by atoms with E-state index in [4.69, 9.17) is 5.73 Å². The molecular formula is C11H17NO. The Bertz CT molecular complexity index is 305. The van der Waals surface area contributed by atoms with Crippen LogP contribution in [0.1, 0.15) is 31.4 Å². The zero-order valence-electron chi connectivity index (χ0n) is 8.46. The molecule has 0 spiro atoms. The number of aryl methyl sites for hydroxylation is 1. The molecule has 72 valence electrons. The summed E-state index contributed by atoms with van der Waals surface area (Å²) in [4.78, 5) is 0. The minimum Gasteiger partial charge on any atom is -0.508 e. The molecule has 0 amide bonds. The molecule has 1 atom stereocenters. The van der Waals surface area contributed by atoms with Crippen LogP contribution in [0.4, 0.5) is 0 Å². The van der Waals surface area contributed by atoms with Crippen LogP contribution in [0.15, 0.2) is 18.2 Å². The normalized spacial score (nSPS) is 15.4. The maximum atomic E-state index is 9.24. The van der Waals surface area contributed by atoms with E-state index in [2.05, 4.69) is 6.92 Å². The highest BCUT2D eigenvalue weighted by Crippen LogP contribution is 2.26. The van der Waals surface area contributed by atoms with E-state index in [1.54, 1.807) is 12.1 Å². The summed E-state index contributed by atoms with van der Waals surface area (Å²) in [6.07, 6.45) is 0.888. The summed E-state index contributed by atoms with van der Waals surface area (Å²) in [5.74, 6) is 0.299. The molecule has 13 heavy (non-hydrogen) atoms. The number of phenols is 1. The lowest BCUT2D eigenvalue weighted by Gasteiger charge is -2.25. The first-order valence-electron chi connectivity index (χ1n) is 4.56. The molecule has 2 heteroatoms. The van der Waals surface area contributed by atoms with Gasteiger partial charge in [0.1, 0.15) is 5.75 Å². The van der Waals surface area contributed by atoms with Gasteiger partial charge < -0.3 is 10.8 Å². The summed E-state index contributed by atoms with van der Waals surface area (Å²) in [5.41, 5.74) is 7.97. The first kappa shape index (κ1) is 10.1. The summed E-state index contributed by atoms with van der Waals surface area (Å²) < 4.78 is 0. The van der Waals surface area contributed by atoms with E-state index < -0.39 is 0 Å². The second kappa shape index (κ2) is 3.38. The Kier molecular flexibility index (Phi) is 2.62. The van der Waals surface area contributed by atoms with Crippen molar-refractivity contribution in [2.75, 3.05) is 0 Å². The molecule has 0 aromatic heterocycles. The molecule has 0 aliphatic rings. The Morgan fingerprint density at radius 3 is 2.54 bits per heavy atom. The van der Waals surface area contributed by atoms with E-state index in [0.717, 1.165) is 17.5 Å². The molecule has 0 heterocycles. The van der Waals surface area contributed by atoms with E-state index in [0.29, 0.717) is 5.75 Å². The highest BCUT2D eigenvalue weighted by atomic mass is 16.3. The molecule has 3 N–H and O–H groups in total. The molecule has 0 unspecified atom stereocenters. The van der Waals surface area contributed by atoms with Gasteiger partial charge >= 0.3 is 0 Å². The Morgan fingerprint density at radius 1 is 1.46 bits per heavy atom. The predicted octanol–water partition coefficient (Wildman–Crippen LogP) is 2.28. The number of aromatic hydroxyl groups is 1. The van der Waals surface area contributed by atoms with E-state index in [1.165, 1.54) is 0 Å². The van der Waals surface area contributed by atoms with Gasteiger partial charge in [-0.2, -0.15) is 0 Å². The highest BCUT2D eigenvalue weighted by Gasteiger charge is 2.20. The quantitative estimate of drug-likeness (QED) is 0.731. The lowest BCUT2D eigenvalue weighted by molar-refractivity contribution is 0.462. The molecule has 0 fully saturated rings. The van der Waals surface area contributed by atoms with Crippen molar-refractivity contribution in [2.45, 2.75) is 32.7 Å². The van der Waals surface area contributed by atoms with Crippen molar-refractivity contribution >= 4 is 0 Å². The van der Waals surface area contributed by atoms with Gasteiger partial charge in [-0.3, -0.25) is 0 Å². The Labute approximate surface area is 79.4 Å². The van der Waals surface area contributed by atoms with Gasteiger partial charge in [0.15, 0.2) is 0 Å². The highest BCUT2D eigenvalue weighted by molar-refractivity contribution is 5.37. The first-order chi connectivity index (χ1) is 5.97. The molecule has 0 radical (unpaired) electrons. The van der Waals surface area contributed by atoms with E-state index in [-0.39, 0.29) is 5.54 Å². The second-order valence-electron chi connectivity index (χ2n) is 3.77. The number of hydrogen-bond acceptors (Lipinski definition) is 2. The van der Waals surface area contributed by atoms with Gasteiger partial charge in [0.05, 0.1) is 0 Å². The van der Waals surface area contributed by atoms with Gasteiger partial charge in [0.25, 0.3) is 0 Å². The number of benzene rings is 1. The predicted molar refractivity (Wildman–Crippen MR) is 54.7 cm³/mol. The molecule has 0 saturated carbocycles. The zero-order valence-corrected chi connectivity index (χ0v) is 8.46. The number of phenolic OH excluding ortho intramolecular Hbond substituents is 1. The van der Waals surface area contributed by atoms with Crippen LogP contribution in [0.3, 0.4) is 0 Å². The minimum absolute atomic E-state index is 0.294. The first-order valence-corrected chi connectivity index (χ1v) is 4.56. The molecule has 0 aliphatic carbocycles. The van der Waals surface area contributed by atoms with Gasteiger partial charge in [-0.15, -0.1) is 0 Å². The number of rotatable bonds is 2. The van der Waals surface area contributed by atoms with E-state index in [1.807, 2.05) is 19.9 Å². The Balaban J connectivity index is 3.16. The van der Waals surface area contributed by atoms with Crippen LogP contribution in [0.25, 0.3) is 0 Å². The molecular weight excluding hydrogens is 162 g/mol. The fourth-order valence-electron chi connectivity index (χ4n) is 1.48. The largest absolute Gasteiger partial charge is 0.508 e. The molecule has 2 nitrogen and oxygen atoms in total. The molecule has 1 rings (SSSR count). The third-order valence-corrected chi connectivity index (χ3v) is 2.56.